The lowest BCUT2D eigenvalue weighted by Gasteiger charge is -2.11. The lowest BCUT2D eigenvalue weighted by Crippen LogP contribution is -2.18. The molecule has 4 aromatic rings. The number of amides is 2. The first-order valence-corrected chi connectivity index (χ1v) is 13.1. The normalized spacial score (nSPS) is 11.7. The van der Waals surface area contributed by atoms with Crippen LogP contribution in [-0.4, -0.2) is 37.4 Å². The molecule has 2 N–H and O–H groups in total. The molecule has 0 aliphatic carbocycles. The Kier molecular flexibility index (Phi) is 8.43. The minimum Gasteiger partial charge on any atom is -0.490 e. The number of anilines is 1. The Labute approximate surface area is 241 Å². The summed E-state index contributed by atoms with van der Waals surface area (Å²) in [6.45, 7) is 4.22. The first-order valence-electron chi connectivity index (χ1n) is 13.1. The fourth-order valence-corrected chi connectivity index (χ4v) is 4.02. The minimum absolute atomic E-state index is 0.114. The second-order valence-electron chi connectivity index (χ2n) is 9.20. The average molecular weight is 566 g/mol. The second-order valence-corrected chi connectivity index (χ2v) is 9.20. The number of hydrazone groups is 1. The van der Waals surface area contributed by atoms with Crippen LogP contribution in [0.1, 0.15) is 49.1 Å². The molecule has 0 spiro atoms. The van der Waals surface area contributed by atoms with Crippen molar-refractivity contribution < 1.29 is 33.3 Å². The molecule has 0 saturated carbocycles. The number of hydrogen-bond acceptors (Lipinski definition) is 8. The molecule has 0 atom stereocenters. The molecule has 0 radical (unpaired) electrons. The third-order valence-corrected chi connectivity index (χ3v) is 6.15. The largest absolute Gasteiger partial charge is 0.490 e. The number of ether oxygens (including phenoxy) is 4. The minimum atomic E-state index is -0.501. The van der Waals surface area contributed by atoms with Crippen molar-refractivity contribution in [2.75, 3.05) is 18.7 Å². The predicted molar refractivity (Wildman–Crippen MR) is 156 cm³/mol. The smallest absolute Gasteiger partial charge is 0.343 e. The number of benzene rings is 4. The van der Waals surface area contributed by atoms with E-state index in [4.69, 9.17) is 18.9 Å². The summed E-state index contributed by atoms with van der Waals surface area (Å²) in [7, 11) is 0. The van der Waals surface area contributed by atoms with Gasteiger partial charge < -0.3 is 24.3 Å². The fourth-order valence-electron chi connectivity index (χ4n) is 4.02. The molecule has 0 bridgehead atoms. The van der Waals surface area contributed by atoms with E-state index in [1.54, 1.807) is 72.8 Å². The van der Waals surface area contributed by atoms with Crippen molar-refractivity contribution in [3.05, 3.63) is 113 Å². The average Bonchev–Trinajstić information content (AvgIpc) is 3.47. The molecule has 2 amide bonds. The SMILES string of the molecule is CCOc1cc(C=NNC(=O)c2cccc(NC(=O)c3ccc4c(c3)OCO4)c2)ccc1OC(=O)c1ccc(C)cc1. The van der Waals surface area contributed by atoms with Crippen LogP contribution in [-0.2, 0) is 0 Å². The van der Waals surface area contributed by atoms with E-state index < -0.39 is 11.9 Å². The number of esters is 1. The molecule has 10 heteroatoms. The third kappa shape index (κ3) is 6.73. The summed E-state index contributed by atoms with van der Waals surface area (Å²) in [4.78, 5) is 38.0. The molecule has 0 fully saturated rings. The molecular weight excluding hydrogens is 538 g/mol. The number of hydrogen-bond donors (Lipinski definition) is 2. The third-order valence-electron chi connectivity index (χ3n) is 6.15. The summed E-state index contributed by atoms with van der Waals surface area (Å²) in [5.74, 6) is 0.375. The van der Waals surface area contributed by atoms with Crippen molar-refractivity contribution >= 4 is 29.7 Å². The Bertz CT molecular complexity index is 1670. The number of nitrogens with one attached hydrogen (secondary N) is 2. The van der Waals surface area contributed by atoms with Crippen LogP contribution in [0.2, 0.25) is 0 Å². The van der Waals surface area contributed by atoms with Crippen LogP contribution in [0.15, 0.2) is 90.0 Å². The molecule has 0 aromatic heterocycles. The van der Waals surface area contributed by atoms with Gasteiger partial charge in [0.15, 0.2) is 23.0 Å². The summed E-state index contributed by atoms with van der Waals surface area (Å²) in [6, 6.07) is 23.4. The van der Waals surface area contributed by atoms with Crippen LogP contribution in [0.5, 0.6) is 23.0 Å². The molecular formula is C32H27N3O7. The highest BCUT2D eigenvalue weighted by molar-refractivity contribution is 6.05. The van der Waals surface area contributed by atoms with Gasteiger partial charge in [0.1, 0.15) is 0 Å². The quantitative estimate of drug-likeness (QED) is 0.121. The van der Waals surface area contributed by atoms with Gasteiger partial charge in [-0.15, -0.1) is 0 Å². The zero-order valence-corrected chi connectivity index (χ0v) is 22.9. The van der Waals surface area contributed by atoms with Crippen molar-refractivity contribution in [2.45, 2.75) is 13.8 Å². The molecule has 0 saturated heterocycles. The van der Waals surface area contributed by atoms with Gasteiger partial charge in [0, 0.05) is 16.8 Å². The Morgan fingerprint density at radius 3 is 2.40 bits per heavy atom. The summed E-state index contributed by atoms with van der Waals surface area (Å²) in [6.07, 6.45) is 1.44. The van der Waals surface area contributed by atoms with Gasteiger partial charge >= 0.3 is 5.97 Å². The summed E-state index contributed by atoms with van der Waals surface area (Å²) in [5, 5.41) is 6.81. The van der Waals surface area contributed by atoms with Crippen LogP contribution >= 0.6 is 0 Å². The molecule has 4 aromatic carbocycles. The van der Waals surface area contributed by atoms with E-state index in [9.17, 15) is 14.4 Å². The Hall–Kier alpha value is -5.64. The monoisotopic (exact) mass is 565 g/mol. The number of fused-ring (bicyclic) bond motifs is 1. The van der Waals surface area contributed by atoms with E-state index in [0.717, 1.165) is 5.56 Å². The zero-order chi connectivity index (χ0) is 29.5. The molecule has 1 aliphatic heterocycles. The zero-order valence-electron chi connectivity index (χ0n) is 22.9. The van der Waals surface area contributed by atoms with Gasteiger partial charge in [0.25, 0.3) is 11.8 Å². The molecule has 10 nitrogen and oxygen atoms in total. The Balaban J connectivity index is 1.21. The van der Waals surface area contributed by atoms with Crippen LogP contribution in [0.25, 0.3) is 0 Å². The predicted octanol–water partition coefficient (Wildman–Crippen LogP) is 5.36. The van der Waals surface area contributed by atoms with E-state index in [-0.39, 0.29) is 18.4 Å². The first kappa shape index (κ1) is 27.9. The molecule has 1 heterocycles. The molecule has 0 unspecified atom stereocenters. The maximum atomic E-state index is 12.7. The number of nitrogens with zero attached hydrogens (tertiary/aromatic N) is 1. The highest BCUT2D eigenvalue weighted by atomic mass is 16.7. The van der Waals surface area contributed by atoms with Gasteiger partial charge in [-0.25, -0.2) is 10.2 Å². The van der Waals surface area contributed by atoms with E-state index in [1.807, 2.05) is 26.0 Å². The van der Waals surface area contributed by atoms with Gasteiger partial charge in [-0.2, -0.15) is 5.10 Å². The molecule has 42 heavy (non-hydrogen) atoms. The standard InChI is InChI=1S/C32H27N3O7/c1-3-39-28-15-21(9-13-27(28)42-32(38)22-10-7-20(2)8-11-22)18-33-35-31(37)23-5-4-6-25(16-23)34-30(36)24-12-14-26-29(17-24)41-19-40-26/h4-18H,3,19H2,1-2H3,(H,34,36)(H,35,37). The lowest BCUT2D eigenvalue weighted by atomic mass is 10.1. The molecule has 5 rings (SSSR count). The van der Waals surface area contributed by atoms with Crippen molar-refractivity contribution in [3.8, 4) is 23.0 Å². The maximum Gasteiger partial charge on any atom is 0.343 e. The maximum absolute atomic E-state index is 12.7. The molecule has 1 aliphatic rings. The van der Waals surface area contributed by atoms with Gasteiger partial charge in [0.05, 0.1) is 18.4 Å². The summed E-state index contributed by atoms with van der Waals surface area (Å²) >= 11 is 0. The van der Waals surface area contributed by atoms with E-state index >= 15 is 0 Å². The van der Waals surface area contributed by atoms with Crippen LogP contribution in [0, 0.1) is 6.92 Å². The second kappa shape index (κ2) is 12.7. The summed E-state index contributed by atoms with van der Waals surface area (Å²) < 4.78 is 21.8. The van der Waals surface area contributed by atoms with Crippen molar-refractivity contribution in [3.63, 3.8) is 0 Å². The number of rotatable bonds is 9. The Morgan fingerprint density at radius 2 is 1.60 bits per heavy atom. The van der Waals surface area contributed by atoms with Crippen molar-refractivity contribution in [1.82, 2.24) is 5.43 Å². The number of carbonyl (C=O) groups is 3. The highest BCUT2D eigenvalue weighted by Crippen LogP contribution is 2.33. The number of aryl methyl sites for hydroxylation is 1. The molecule has 212 valence electrons. The van der Waals surface area contributed by atoms with E-state index in [0.29, 0.717) is 51.8 Å². The Morgan fingerprint density at radius 1 is 0.833 bits per heavy atom. The van der Waals surface area contributed by atoms with Gasteiger partial charge in [-0.3, -0.25) is 9.59 Å². The van der Waals surface area contributed by atoms with Crippen molar-refractivity contribution in [2.24, 2.45) is 5.10 Å². The van der Waals surface area contributed by atoms with Crippen LogP contribution in [0.4, 0.5) is 5.69 Å². The van der Waals surface area contributed by atoms with Crippen LogP contribution < -0.4 is 29.7 Å². The van der Waals surface area contributed by atoms with E-state index in [1.165, 1.54) is 6.21 Å². The topological polar surface area (TPSA) is 125 Å². The fraction of sp³-hybridized carbons (Fsp3) is 0.125. The van der Waals surface area contributed by atoms with Crippen LogP contribution in [0.3, 0.4) is 0 Å². The van der Waals surface area contributed by atoms with Gasteiger partial charge in [-0.1, -0.05) is 23.8 Å². The number of carbonyl (C=O) groups excluding carboxylic acids is 3. The van der Waals surface area contributed by atoms with E-state index in [2.05, 4.69) is 15.8 Å². The lowest BCUT2D eigenvalue weighted by molar-refractivity contribution is 0.0728. The highest BCUT2D eigenvalue weighted by Gasteiger charge is 2.17. The van der Waals surface area contributed by atoms with Gasteiger partial charge in [-0.05, 0) is 86.1 Å². The first-order chi connectivity index (χ1) is 20.4. The summed E-state index contributed by atoms with van der Waals surface area (Å²) in [5.41, 5.74) is 5.67. The van der Waals surface area contributed by atoms with Crippen molar-refractivity contribution in [1.29, 1.82) is 0 Å². The van der Waals surface area contributed by atoms with Gasteiger partial charge in [0.2, 0.25) is 6.79 Å².